The van der Waals surface area contributed by atoms with Gasteiger partial charge in [-0.2, -0.15) is 0 Å². The standard InChI is InChI=1S/C13H22N2O4/c1-2-14-11(16)7-12(17)15-8-9-3-5-10(6-4-9)13(18)19/h9-10H,2-8H2,1H3,(H,14,16)(H,15,17)(H,18,19). The molecule has 0 bridgehead atoms. The van der Waals surface area contributed by atoms with Gasteiger partial charge in [-0.3, -0.25) is 14.4 Å². The third kappa shape index (κ3) is 5.72. The van der Waals surface area contributed by atoms with E-state index >= 15 is 0 Å². The fraction of sp³-hybridized carbons (Fsp3) is 0.769. The van der Waals surface area contributed by atoms with Gasteiger partial charge in [0.05, 0.1) is 5.92 Å². The van der Waals surface area contributed by atoms with Crippen LogP contribution in [0.1, 0.15) is 39.0 Å². The maximum Gasteiger partial charge on any atom is 0.306 e. The zero-order valence-electron chi connectivity index (χ0n) is 11.3. The van der Waals surface area contributed by atoms with Crippen molar-refractivity contribution < 1.29 is 19.5 Å². The van der Waals surface area contributed by atoms with Crippen molar-refractivity contribution in [2.24, 2.45) is 11.8 Å². The number of hydrogen-bond acceptors (Lipinski definition) is 3. The monoisotopic (exact) mass is 270 g/mol. The normalized spacial score (nSPS) is 22.6. The van der Waals surface area contributed by atoms with Crippen LogP contribution in [0.25, 0.3) is 0 Å². The largest absolute Gasteiger partial charge is 0.481 e. The molecular formula is C13H22N2O4. The van der Waals surface area contributed by atoms with Gasteiger partial charge in [0.25, 0.3) is 0 Å². The summed E-state index contributed by atoms with van der Waals surface area (Å²) in [6.45, 7) is 2.85. The van der Waals surface area contributed by atoms with Crippen LogP contribution in [-0.2, 0) is 14.4 Å². The molecule has 6 heteroatoms. The number of carboxylic acids is 1. The van der Waals surface area contributed by atoms with Gasteiger partial charge >= 0.3 is 5.97 Å². The first-order valence-electron chi connectivity index (χ1n) is 6.79. The lowest BCUT2D eigenvalue weighted by Gasteiger charge is -2.26. The zero-order chi connectivity index (χ0) is 14.3. The van der Waals surface area contributed by atoms with Gasteiger partial charge in [0, 0.05) is 13.1 Å². The van der Waals surface area contributed by atoms with Gasteiger partial charge in [-0.25, -0.2) is 0 Å². The summed E-state index contributed by atoms with van der Waals surface area (Å²) in [5.74, 6) is -1.17. The summed E-state index contributed by atoms with van der Waals surface area (Å²) < 4.78 is 0. The van der Waals surface area contributed by atoms with Crippen LogP contribution in [0, 0.1) is 11.8 Å². The highest BCUT2D eigenvalue weighted by molar-refractivity contribution is 5.96. The number of carboxylic acid groups (broad SMARTS) is 1. The Balaban J connectivity index is 2.18. The molecule has 0 heterocycles. The van der Waals surface area contributed by atoms with E-state index in [2.05, 4.69) is 10.6 Å². The quantitative estimate of drug-likeness (QED) is 0.613. The maximum atomic E-state index is 11.5. The van der Waals surface area contributed by atoms with Crippen molar-refractivity contribution in [3.63, 3.8) is 0 Å². The summed E-state index contributed by atoms with van der Waals surface area (Å²) >= 11 is 0. The van der Waals surface area contributed by atoms with Crippen LogP contribution in [0.3, 0.4) is 0 Å². The van der Waals surface area contributed by atoms with Crippen molar-refractivity contribution in [2.75, 3.05) is 13.1 Å². The predicted octanol–water partition coefficient (Wildman–Crippen LogP) is 0.520. The number of carbonyl (C=O) groups is 3. The topological polar surface area (TPSA) is 95.5 Å². The van der Waals surface area contributed by atoms with Crippen molar-refractivity contribution in [1.29, 1.82) is 0 Å². The Kier molecular flexibility index (Phi) is 6.32. The van der Waals surface area contributed by atoms with Gasteiger partial charge in [0.1, 0.15) is 6.42 Å². The van der Waals surface area contributed by atoms with E-state index in [1.54, 1.807) is 6.92 Å². The molecule has 0 radical (unpaired) electrons. The number of aliphatic carboxylic acids is 1. The molecule has 6 nitrogen and oxygen atoms in total. The van der Waals surface area contributed by atoms with Crippen LogP contribution < -0.4 is 10.6 Å². The second kappa shape index (κ2) is 7.76. The first kappa shape index (κ1) is 15.5. The van der Waals surface area contributed by atoms with Gasteiger partial charge in [0.15, 0.2) is 0 Å². The van der Waals surface area contributed by atoms with Crippen molar-refractivity contribution in [2.45, 2.75) is 39.0 Å². The Morgan fingerprint density at radius 3 is 2.16 bits per heavy atom. The van der Waals surface area contributed by atoms with Gasteiger partial charge in [-0.05, 0) is 38.5 Å². The van der Waals surface area contributed by atoms with Gasteiger partial charge in [-0.15, -0.1) is 0 Å². The van der Waals surface area contributed by atoms with Crippen molar-refractivity contribution in [1.82, 2.24) is 10.6 Å². The Hall–Kier alpha value is -1.59. The average molecular weight is 270 g/mol. The fourth-order valence-corrected chi connectivity index (χ4v) is 2.34. The number of amides is 2. The molecule has 1 aliphatic rings. The Labute approximate surface area is 112 Å². The zero-order valence-corrected chi connectivity index (χ0v) is 11.3. The highest BCUT2D eigenvalue weighted by Gasteiger charge is 2.26. The summed E-state index contributed by atoms with van der Waals surface area (Å²) in [5, 5.41) is 14.2. The van der Waals surface area contributed by atoms with Crippen LogP contribution >= 0.6 is 0 Å². The molecule has 0 unspecified atom stereocenters. The number of carbonyl (C=O) groups excluding carboxylic acids is 2. The smallest absolute Gasteiger partial charge is 0.306 e. The summed E-state index contributed by atoms with van der Waals surface area (Å²) in [7, 11) is 0. The molecule has 0 aromatic heterocycles. The van der Waals surface area contributed by atoms with E-state index in [4.69, 9.17) is 5.11 Å². The molecular weight excluding hydrogens is 248 g/mol. The van der Waals surface area contributed by atoms with E-state index < -0.39 is 5.97 Å². The van der Waals surface area contributed by atoms with Crippen molar-refractivity contribution >= 4 is 17.8 Å². The second-order valence-corrected chi connectivity index (χ2v) is 4.99. The lowest BCUT2D eigenvalue weighted by molar-refractivity contribution is -0.143. The minimum atomic E-state index is -0.723. The van der Waals surface area contributed by atoms with Crippen LogP contribution in [0.4, 0.5) is 0 Å². The molecule has 0 atom stereocenters. The third-order valence-electron chi connectivity index (χ3n) is 3.48. The Morgan fingerprint density at radius 1 is 1.05 bits per heavy atom. The molecule has 19 heavy (non-hydrogen) atoms. The minimum absolute atomic E-state index is 0.141. The molecule has 0 saturated heterocycles. The van der Waals surface area contributed by atoms with Crippen LogP contribution in [0.2, 0.25) is 0 Å². The van der Waals surface area contributed by atoms with Crippen molar-refractivity contribution in [3.05, 3.63) is 0 Å². The minimum Gasteiger partial charge on any atom is -0.481 e. The van der Waals surface area contributed by atoms with Crippen LogP contribution in [0.5, 0.6) is 0 Å². The van der Waals surface area contributed by atoms with E-state index in [1.807, 2.05) is 0 Å². The Morgan fingerprint density at radius 2 is 1.63 bits per heavy atom. The molecule has 108 valence electrons. The maximum absolute atomic E-state index is 11.5. The predicted molar refractivity (Wildman–Crippen MR) is 69.4 cm³/mol. The first-order chi connectivity index (χ1) is 9.02. The van der Waals surface area contributed by atoms with Crippen LogP contribution in [-0.4, -0.2) is 36.0 Å². The molecule has 1 rings (SSSR count). The van der Waals surface area contributed by atoms with Gasteiger partial charge < -0.3 is 15.7 Å². The lowest BCUT2D eigenvalue weighted by Crippen LogP contribution is -2.35. The van der Waals surface area contributed by atoms with Crippen LogP contribution in [0.15, 0.2) is 0 Å². The molecule has 1 fully saturated rings. The molecule has 3 N–H and O–H groups in total. The fourth-order valence-electron chi connectivity index (χ4n) is 2.34. The van der Waals surface area contributed by atoms with Gasteiger partial charge in [-0.1, -0.05) is 0 Å². The van der Waals surface area contributed by atoms with E-state index in [1.165, 1.54) is 0 Å². The second-order valence-electron chi connectivity index (χ2n) is 4.99. The van der Waals surface area contributed by atoms with E-state index in [0.29, 0.717) is 31.8 Å². The molecule has 0 spiro atoms. The molecule has 1 aliphatic carbocycles. The number of rotatable bonds is 6. The van der Waals surface area contributed by atoms with Crippen molar-refractivity contribution in [3.8, 4) is 0 Å². The lowest BCUT2D eigenvalue weighted by atomic mass is 9.82. The highest BCUT2D eigenvalue weighted by atomic mass is 16.4. The summed E-state index contributed by atoms with van der Waals surface area (Å²) in [4.78, 5) is 33.5. The Bertz CT molecular complexity index is 336. The van der Waals surface area contributed by atoms with E-state index in [-0.39, 0.29) is 24.2 Å². The van der Waals surface area contributed by atoms with E-state index in [0.717, 1.165) is 12.8 Å². The third-order valence-corrected chi connectivity index (χ3v) is 3.48. The molecule has 2 amide bonds. The molecule has 0 aliphatic heterocycles. The summed E-state index contributed by atoms with van der Waals surface area (Å²) in [6.07, 6.45) is 2.84. The molecule has 0 aromatic carbocycles. The average Bonchev–Trinajstić information content (AvgIpc) is 2.37. The SMILES string of the molecule is CCNC(=O)CC(=O)NCC1CCC(C(=O)O)CC1. The number of hydrogen-bond donors (Lipinski definition) is 3. The van der Waals surface area contributed by atoms with Gasteiger partial charge in [0.2, 0.25) is 11.8 Å². The summed E-state index contributed by atoms with van der Waals surface area (Å²) in [6, 6.07) is 0. The molecule has 1 saturated carbocycles. The van der Waals surface area contributed by atoms with E-state index in [9.17, 15) is 14.4 Å². The first-order valence-corrected chi connectivity index (χ1v) is 6.79. The highest BCUT2D eigenvalue weighted by Crippen LogP contribution is 2.28. The molecule has 0 aromatic rings. The summed E-state index contributed by atoms with van der Waals surface area (Å²) in [5.41, 5.74) is 0. The number of nitrogens with one attached hydrogen (secondary N) is 2.